The number of rotatable bonds is 6. The van der Waals surface area contributed by atoms with E-state index in [-0.39, 0.29) is 28.3 Å². The Morgan fingerprint density at radius 3 is 2.59 bits per heavy atom. The van der Waals surface area contributed by atoms with E-state index in [0.717, 1.165) is 26.1 Å². The summed E-state index contributed by atoms with van der Waals surface area (Å²) < 4.78 is 18.0. The Hall–Kier alpha value is -3.63. The van der Waals surface area contributed by atoms with E-state index in [2.05, 4.69) is 4.90 Å². The molecular weight excluding hydrogens is 476 g/mol. The van der Waals surface area contributed by atoms with Gasteiger partial charge in [-0.3, -0.25) is 14.5 Å². The van der Waals surface area contributed by atoms with E-state index in [9.17, 15) is 14.4 Å². The number of hydrogen-bond donors (Lipinski definition) is 1. The van der Waals surface area contributed by atoms with Crippen molar-refractivity contribution in [3.8, 4) is 5.75 Å². The van der Waals surface area contributed by atoms with Crippen molar-refractivity contribution >= 4 is 17.6 Å². The first-order valence-electron chi connectivity index (χ1n) is 12.6. The van der Waals surface area contributed by atoms with Crippen molar-refractivity contribution in [2.24, 2.45) is 5.73 Å². The molecule has 5 rings (SSSR count). The van der Waals surface area contributed by atoms with Crippen LogP contribution >= 0.6 is 0 Å². The van der Waals surface area contributed by atoms with E-state index < -0.39 is 17.3 Å². The summed E-state index contributed by atoms with van der Waals surface area (Å²) >= 11 is 0. The number of esters is 1. The van der Waals surface area contributed by atoms with Gasteiger partial charge in [0, 0.05) is 55.7 Å². The molecule has 1 fully saturated rings. The molecule has 0 aliphatic carbocycles. The molecule has 1 saturated heterocycles. The molecule has 1 unspecified atom stereocenters. The standard InChI is InChI=1S/C27H32N4O6/c1-4-30-19-9-6-5-8-18(19)27(26(30)34)21-20(37-23(28)22(27)25(33)35-3)16-17(2)31(24(21)32)11-7-10-29-12-14-36-15-13-29/h5-6,8-9,16H,4,7,10-15,28H2,1-3H3. The van der Waals surface area contributed by atoms with Gasteiger partial charge in [-0.15, -0.1) is 0 Å². The Bertz CT molecular complexity index is 1340. The van der Waals surface area contributed by atoms with Crippen LogP contribution < -0.4 is 20.9 Å². The first kappa shape index (κ1) is 25.0. The fraction of sp³-hybridized carbons (Fsp3) is 0.444. The molecule has 2 N–H and O–H groups in total. The molecule has 0 saturated carbocycles. The largest absolute Gasteiger partial charge is 0.465 e. The Balaban J connectivity index is 1.69. The molecule has 10 nitrogen and oxygen atoms in total. The van der Waals surface area contributed by atoms with Gasteiger partial charge < -0.3 is 29.4 Å². The summed E-state index contributed by atoms with van der Waals surface area (Å²) in [6.07, 6.45) is 0.737. The van der Waals surface area contributed by atoms with Crippen LogP contribution in [-0.4, -0.2) is 67.8 Å². The summed E-state index contributed by atoms with van der Waals surface area (Å²) in [6, 6.07) is 8.88. The minimum Gasteiger partial charge on any atom is -0.465 e. The number of aryl methyl sites for hydroxylation is 1. The first-order valence-corrected chi connectivity index (χ1v) is 12.6. The molecule has 1 atom stereocenters. The number of nitrogens with two attached hydrogens (primary N) is 1. The molecule has 37 heavy (non-hydrogen) atoms. The normalized spacial score (nSPS) is 21.2. The van der Waals surface area contributed by atoms with Crippen molar-refractivity contribution in [3.63, 3.8) is 0 Å². The molecule has 1 aromatic carbocycles. The zero-order valence-corrected chi connectivity index (χ0v) is 21.4. The van der Waals surface area contributed by atoms with Gasteiger partial charge in [0.15, 0.2) is 0 Å². The second-order valence-corrected chi connectivity index (χ2v) is 9.44. The molecule has 1 amide bonds. The van der Waals surface area contributed by atoms with E-state index in [1.165, 1.54) is 7.11 Å². The van der Waals surface area contributed by atoms with Crippen molar-refractivity contribution in [1.29, 1.82) is 0 Å². The van der Waals surface area contributed by atoms with Crippen LogP contribution in [0.1, 0.15) is 30.2 Å². The zero-order valence-electron chi connectivity index (χ0n) is 21.4. The summed E-state index contributed by atoms with van der Waals surface area (Å²) in [6.45, 7) is 8.42. The number of ether oxygens (including phenoxy) is 3. The van der Waals surface area contributed by atoms with Gasteiger partial charge in [0.1, 0.15) is 16.7 Å². The van der Waals surface area contributed by atoms with Gasteiger partial charge in [-0.2, -0.15) is 0 Å². The van der Waals surface area contributed by atoms with Crippen LogP contribution in [0.15, 0.2) is 46.6 Å². The van der Waals surface area contributed by atoms with E-state index in [1.807, 2.05) is 19.9 Å². The van der Waals surface area contributed by atoms with Gasteiger partial charge in [0.2, 0.25) is 11.8 Å². The average Bonchev–Trinajstić information content (AvgIpc) is 3.13. The Morgan fingerprint density at radius 1 is 1.16 bits per heavy atom. The molecule has 4 heterocycles. The van der Waals surface area contributed by atoms with E-state index in [1.54, 1.807) is 33.7 Å². The van der Waals surface area contributed by atoms with Gasteiger partial charge in [-0.1, -0.05) is 18.2 Å². The average molecular weight is 509 g/mol. The number of hydrogen-bond acceptors (Lipinski definition) is 8. The fourth-order valence-electron chi connectivity index (χ4n) is 5.81. The molecule has 2 aromatic rings. The van der Waals surface area contributed by atoms with Gasteiger partial charge in [0.05, 0.1) is 25.9 Å². The van der Waals surface area contributed by atoms with Crippen LogP contribution in [-0.2, 0) is 31.0 Å². The highest BCUT2D eigenvalue weighted by Gasteiger charge is 2.62. The minimum atomic E-state index is -1.77. The lowest BCUT2D eigenvalue weighted by molar-refractivity contribution is -0.138. The van der Waals surface area contributed by atoms with Crippen molar-refractivity contribution in [2.75, 3.05) is 51.4 Å². The number of carbonyl (C=O) groups is 2. The maximum absolute atomic E-state index is 14.3. The third kappa shape index (κ3) is 3.74. The number of amides is 1. The van der Waals surface area contributed by atoms with Crippen LogP contribution in [0, 0.1) is 6.92 Å². The van der Waals surface area contributed by atoms with Crippen LogP contribution in [0.5, 0.6) is 5.75 Å². The van der Waals surface area contributed by atoms with Crippen LogP contribution in [0.25, 0.3) is 0 Å². The number of fused-ring (bicyclic) bond motifs is 4. The molecule has 10 heteroatoms. The number of morpholine rings is 1. The number of benzene rings is 1. The molecule has 1 aromatic heterocycles. The van der Waals surface area contributed by atoms with E-state index in [0.29, 0.717) is 43.2 Å². The van der Waals surface area contributed by atoms with Gasteiger partial charge in [0.25, 0.3) is 5.56 Å². The summed E-state index contributed by atoms with van der Waals surface area (Å²) in [4.78, 5) is 45.6. The lowest BCUT2D eigenvalue weighted by Crippen LogP contribution is -2.52. The molecule has 1 spiro atoms. The predicted octanol–water partition coefficient (Wildman–Crippen LogP) is 1.27. The first-order chi connectivity index (χ1) is 17.9. The number of carbonyl (C=O) groups excluding carboxylic acids is 2. The number of methoxy groups -OCH3 is 1. The van der Waals surface area contributed by atoms with Crippen molar-refractivity contribution in [2.45, 2.75) is 32.2 Å². The van der Waals surface area contributed by atoms with Gasteiger partial charge >= 0.3 is 5.97 Å². The SMILES string of the molecule is CCN1C(=O)C2(C(C(=O)OC)=C(N)Oc3cc(C)n(CCCN4CCOCC4)c(=O)c32)c2ccccc21. The molecule has 0 bridgehead atoms. The summed E-state index contributed by atoms with van der Waals surface area (Å²) in [5.41, 5.74) is 5.87. The lowest BCUT2D eigenvalue weighted by Gasteiger charge is -2.36. The zero-order chi connectivity index (χ0) is 26.3. The number of para-hydroxylation sites is 1. The molecule has 0 radical (unpaired) electrons. The van der Waals surface area contributed by atoms with Crippen molar-refractivity contribution in [3.05, 3.63) is 69.0 Å². The molecule has 3 aliphatic heterocycles. The van der Waals surface area contributed by atoms with Crippen LogP contribution in [0.3, 0.4) is 0 Å². The smallest absolute Gasteiger partial charge is 0.340 e. The minimum absolute atomic E-state index is 0.0903. The lowest BCUT2D eigenvalue weighted by atomic mass is 9.68. The Kier molecular flexibility index (Phi) is 6.55. The maximum Gasteiger partial charge on any atom is 0.340 e. The number of aromatic nitrogens is 1. The third-order valence-electron chi connectivity index (χ3n) is 7.52. The van der Waals surface area contributed by atoms with Gasteiger partial charge in [-0.05, 0) is 26.3 Å². The highest BCUT2D eigenvalue weighted by Crippen LogP contribution is 2.54. The van der Waals surface area contributed by atoms with Crippen LogP contribution in [0.4, 0.5) is 5.69 Å². The molecular formula is C27H32N4O6. The highest BCUT2D eigenvalue weighted by molar-refractivity contribution is 6.18. The molecule has 3 aliphatic rings. The highest BCUT2D eigenvalue weighted by atomic mass is 16.5. The topological polar surface area (TPSA) is 116 Å². The summed E-state index contributed by atoms with van der Waals surface area (Å²) in [5, 5.41) is 0. The van der Waals surface area contributed by atoms with Crippen LogP contribution in [0.2, 0.25) is 0 Å². The third-order valence-corrected chi connectivity index (χ3v) is 7.52. The monoisotopic (exact) mass is 508 g/mol. The van der Waals surface area contributed by atoms with E-state index >= 15 is 0 Å². The van der Waals surface area contributed by atoms with Crippen molar-refractivity contribution < 1.29 is 23.8 Å². The Labute approximate surface area is 215 Å². The fourth-order valence-corrected chi connectivity index (χ4v) is 5.81. The molecule has 196 valence electrons. The maximum atomic E-state index is 14.3. The van der Waals surface area contributed by atoms with E-state index in [4.69, 9.17) is 19.9 Å². The number of pyridine rings is 1. The predicted molar refractivity (Wildman–Crippen MR) is 136 cm³/mol. The summed E-state index contributed by atoms with van der Waals surface area (Å²) in [7, 11) is 1.22. The number of nitrogens with zero attached hydrogens (tertiary/aromatic N) is 3. The number of likely N-dealkylation sites (N-methyl/N-ethyl adjacent to an activating group) is 1. The second-order valence-electron chi connectivity index (χ2n) is 9.44. The second kappa shape index (κ2) is 9.68. The quantitative estimate of drug-likeness (QED) is 0.580. The Morgan fingerprint density at radius 2 is 1.89 bits per heavy atom. The summed E-state index contributed by atoms with van der Waals surface area (Å²) in [5.74, 6) is -1.31. The number of anilines is 1. The van der Waals surface area contributed by atoms with Gasteiger partial charge in [-0.25, -0.2) is 4.79 Å². The van der Waals surface area contributed by atoms with Crippen molar-refractivity contribution in [1.82, 2.24) is 9.47 Å².